The van der Waals surface area contributed by atoms with Gasteiger partial charge < -0.3 is 0 Å². The van der Waals surface area contributed by atoms with Gasteiger partial charge in [0, 0.05) is 10.6 Å². The van der Waals surface area contributed by atoms with Gasteiger partial charge in [0.1, 0.15) is 0 Å². The molecule has 0 saturated heterocycles. The lowest BCUT2D eigenvalue weighted by Crippen LogP contribution is -1.95. The first-order valence-electron chi connectivity index (χ1n) is 7.14. The zero-order chi connectivity index (χ0) is 17.8. The van der Waals surface area contributed by atoms with Crippen molar-refractivity contribution >= 4 is 59.3 Å². The fourth-order valence-electron chi connectivity index (χ4n) is 2.10. The molecule has 126 valence electrons. The van der Waals surface area contributed by atoms with Crippen molar-refractivity contribution < 1.29 is 0 Å². The van der Waals surface area contributed by atoms with Crippen LogP contribution in [0, 0.1) is 4.77 Å². The summed E-state index contributed by atoms with van der Waals surface area (Å²) in [6.45, 7) is 0. The number of halogens is 3. The molecule has 1 heterocycles. The summed E-state index contributed by atoms with van der Waals surface area (Å²) in [4.78, 5) is 0. The number of benzene rings is 2. The smallest absolute Gasteiger partial charge is 0.216 e. The molecule has 0 aliphatic rings. The summed E-state index contributed by atoms with van der Waals surface area (Å²) in [5.74, 6) is 0.465. The molecule has 25 heavy (non-hydrogen) atoms. The molecule has 3 aromatic rings. The van der Waals surface area contributed by atoms with E-state index >= 15 is 0 Å². The van der Waals surface area contributed by atoms with E-state index < -0.39 is 0 Å². The minimum atomic E-state index is 0.321. The molecular formula is C17H11Cl3N4S. The zero-order valence-electron chi connectivity index (χ0n) is 12.7. The molecule has 0 saturated carbocycles. The van der Waals surface area contributed by atoms with E-state index in [1.165, 1.54) is 10.9 Å². The molecule has 1 N–H and O–H groups in total. The highest BCUT2D eigenvalue weighted by Crippen LogP contribution is 2.29. The van der Waals surface area contributed by atoms with Crippen LogP contribution >= 0.6 is 47.0 Å². The molecule has 0 fully saturated rings. The molecule has 4 nitrogen and oxygen atoms in total. The van der Waals surface area contributed by atoms with Crippen molar-refractivity contribution in [3.05, 3.63) is 73.9 Å². The van der Waals surface area contributed by atoms with Crippen LogP contribution < -0.4 is 0 Å². The first-order chi connectivity index (χ1) is 12.0. The lowest BCUT2D eigenvalue weighted by Gasteiger charge is -2.03. The van der Waals surface area contributed by atoms with E-state index in [0.29, 0.717) is 31.2 Å². The molecule has 0 radical (unpaired) electrons. The number of hydrogen-bond acceptors (Lipinski definition) is 3. The maximum Gasteiger partial charge on any atom is 0.216 e. The number of nitrogens with one attached hydrogen (secondary N) is 1. The largest absolute Gasteiger partial charge is 0.250 e. The van der Waals surface area contributed by atoms with Crippen LogP contribution in [0.1, 0.15) is 5.56 Å². The molecule has 0 amide bonds. The maximum absolute atomic E-state index is 6.24. The Morgan fingerprint density at radius 3 is 2.64 bits per heavy atom. The van der Waals surface area contributed by atoms with Crippen LogP contribution in [0.5, 0.6) is 0 Å². The molecule has 1 aromatic heterocycles. The normalized spacial score (nSPS) is 12.0. The zero-order valence-corrected chi connectivity index (χ0v) is 15.7. The third-order valence-corrected chi connectivity index (χ3v) is 4.24. The average Bonchev–Trinajstić information content (AvgIpc) is 2.94. The SMILES string of the molecule is S=c1[nH]nc(-c2ccc(Cl)cc2Cl)n1/N=C\C(Cl)=C\c1ccccc1. The number of aromatic nitrogens is 3. The summed E-state index contributed by atoms with van der Waals surface area (Å²) >= 11 is 23.6. The first-order valence-corrected chi connectivity index (χ1v) is 8.68. The second kappa shape index (κ2) is 7.97. The van der Waals surface area contributed by atoms with Gasteiger partial charge in [-0.15, -0.1) is 0 Å². The van der Waals surface area contributed by atoms with E-state index in [4.69, 9.17) is 47.0 Å². The van der Waals surface area contributed by atoms with Gasteiger partial charge in [-0.2, -0.15) is 14.9 Å². The average molecular weight is 410 g/mol. The molecular weight excluding hydrogens is 399 g/mol. The van der Waals surface area contributed by atoms with E-state index in [9.17, 15) is 0 Å². The highest BCUT2D eigenvalue weighted by atomic mass is 35.5. The van der Waals surface area contributed by atoms with Crippen molar-refractivity contribution in [3.63, 3.8) is 0 Å². The number of aromatic amines is 1. The lowest BCUT2D eigenvalue weighted by molar-refractivity contribution is 0.872. The Morgan fingerprint density at radius 1 is 1.16 bits per heavy atom. The summed E-state index contributed by atoms with van der Waals surface area (Å²) in [6.07, 6.45) is 3.29. The van der Waals surface area contributed by atoms with E-state index in [2.05, 4.69) is 15.3 Å². The topological polar surface area (TPSA) is 46.0 Å². The molecule has 0 atom stereocenters. The summed E-state index contributed by atoms with van der Waals surface area (Å²) in [5, 5.41) is 12.6. The Labute approximate surface area is 164 Å². The second-order valence-electron chi connectivity index (χ2n) is 4.97. The van der Waals surface area contributed by atoms with Crippen molar-refractivity contribution in [1.82, 2.24) is 14.9 Å². The molecule has 0 spiro atoms. The third-order valence-electron chi connectivity index (χ3n) is 3.22. The predicted octanol–water partition coefficient (Wildman–Crippen LogP) is 6.03. The fourth-order valence-corrected chi connectivity index (χ4v) is 2.94. The molecule has 0 aliphatic carbocycles. The van der Waals surface area contributed by atoms with Gasteiger partial charge in [-0.05, 0) is 42.1 Å². The number of hydrogen-bond donors (Lipinski definition) is 1. The number of nitrogens with zero attached hydrogens (tertiary/aromatic N) is 3. The Hall–Kier alpha value is -1.92. The molecule has 3 rings (SSSR count). The molecule has 8 heteroatoms. The standard InChI is InChI=1S/C17H11Cl3N4S/c18-12-6-7-14(15(20)9-12)16-22-23-17(25)24(16)21-10-13(19)8-11-4-2-1-3-5-11/h1-10H,(H,23,25)/b13-8-,21-10-. The van der Waals surface area contributed by atoms with Crippen molar-refractivity contribution in [1.29, 1.82) is 0 Å². The molecule has 2 aromatic carbocycles. The van der Waals surface area contributed by atoms with Gasteiger partial charge in [-0.1, -0.05) is 65.1 Å². The Balaban J connectivity index is 1.95. The van der Waals surface area contributed by atoms with Crippen LogP contribution in [0.15, 0.2) is 58.7 Å². The van der Waals surface area contributed by atoms with Gasteiger partial charge in [0.05, 0.1) is 16.3 Å². The van der Waals surface area contributed by atoms with Gasteiger partial charge >= 0.3 is 0 Å². The summed E-state index contributed by atoms with van der Waals surface area (Å²) in [7, 11) is 0. The number of allylic oxidation sites excluding steroid dienone is 1. The monoisotopic (exact) mass is 408 g/mol. The Bertz CT molecular complexity index is 1010. The van der Waals surface area contributed by atoms with E-state index in [-0.39, 0.29) is 0 Å². The fraction of sp³-hybridized carbons (Fsp3) is 0. The van der Waals surface area contributed by atoms with Crippen molar-refractivity contribution in [2.75, 3.05) is 0 Å². The van der Waals surface area contributed by atoms with Crippen LogP contribution in [0.25, 0.3) is 17.5 Å². The first kappa shape index (κ1) is 17.9. The van der Waals surface area contributed by atoms with Crippen molar-refractivity contribution in [2.24, 2.45) is 5.10 Å². The summed E-state index contributed by atoms with van der Waals surface area (Å²) < 4.78 is 1.77. The molecule has 0 unspecified atom stereocenters. The Kier molecular flexibility index (Phi) is 5.71. The minimum Gasteiger partial charge on any atom is -0.250 e. The summed E-state index contributed by atoms with van der Waals surface area (Å²) in [6, 6.07) is 14.8. The molecule has 0 bridgehead atoms. The summed E-state index contributed by atoms with van der Waals surface area (Å²) in [5.41, 5.74) is 1.62. The van der Waals surface area contributed by atoms with Gasteiger partial charge in [0.2, 0.25) is 4.77 Å². The van der Waals surface area contributed by atoms with Crippen molar-refractivity contribution in [2.45, 2.75) is 0 Å². The molecule has 0 aliphatic heterocycles. The van der Waals surface area contributed by atoms with Gasteiger partial charge in [0.15, 0.2) is 5.82 Å². The highest BCUT2D eigenvalue weighted by molar-refractivity contribution is 7.71. The van der Waals surface area contributed by atoms with Gasteiger partial charge in [-0.3, -0.25) is 0 Å². The lowest BCUT2D eigenvalue weighted by atomic mass is 10.2. The van der Waals surface area contributed by atoms with Crippen LogP contribution in [-0.2, 0) is 0 Å². The second-order valence-corrected chi connectivity index (χ2v) is 6.64. The van der Waals surface area contributed by atoms with Crippen LogP contribution in [0.4, 0.5) is 0 Å². The van der Waals surface area contributed by atoms with E-state index in [1.54, 1.807) is 24.3 Å². The maximum atomic E-state index is 6.24. The Morgan fingerprint density at radius 2 is 1.92 bits per heavy atom. The minimum absolute atomic E-state index is 0.321. The number of rotatable bonds is 4. The quantitative estimate of drug-likeness (QED) is 0.422. The highest BCUT2D eigenvalue weighted by Gasteiger charge is 2.12. The van der Waals surface area contributed by atoms with Crippen LogP contribution in [0.3, 0.4) is 0 Å². The third kappa shape index (κ3) is 4.38. The number of H-pyrrole nitrogens is 1. The van der Waals surface area contributed by atoms with Crippen molar-refractivity contribution in [3.8, 4) is 11.4 Å². The van der Waals surface area contributed by atoms with Gasteiger partial charge in [0.25, 0.3) is 0 Å². The van der Waals surface area contributed by atoms with Crippen LogP contribution in [0.2, 0.25) is 10.0 Å². The predicted molar refractivity (Wildman–Crippen MR) is 107 cm³/mol. The van der Waals surface area contributed by atoms with E-state index in [1.807, 2.05) is 30.3 Å². The van der Waals surface area contributed by atoms with Crippen LogP contribution in [-0.4, -0.2) is 21.1 Å². The van der Waals surface area contributed by atoms with Gasteiger partial charge in [-0.25, -0.2) is 5.10 Å². The van der Waals surface area contributed by atoms with E-state index in [0.717, 1.165) is 5.56 Å².